The first-order valence-corrected chi connectivity index (χ1v) is 12.7. The summed E-state index contributed by atoms with van der Waals surface area (Å²) >= 11 is 1.92. The van der Waals surface area contributed by atoms with E-state index in [0.29, 0.717) is 17.5 Å². The zero-order valence-corrected chi connectivity index (χ0v) is 18.2. The smallest absolute Gasteiger partial charge is 0.243 e. The van der Waals surface area contributed by atoms with Gasteiger partial charge in [0.2, 0.25) is 15.9 Å². The average molecular weight is 413 g/mol. The van der Waals surface area contributed by atoms with E-state index in [-0.39, 0.29) is 5.91 Å². The molecular formula is C20H32N2O3S2. The van der Waals surface area contributed by atoms with Gasteiger partial charge in [0.25, 0.3) is 0 Å². The van der Waals surface area contributed by atoms with E-state index in [0.717, 1.165) is 24.0 Å². The molecule has 1 aromatic rings. The molecule has 1 saturated carbocycles. The lowest BCUT2D eigenvalue weighted by Crippen LogP contribution is -2.48. The topological polar surface area (TPSA) is 66.5 Å². The van der Waals surface area contributed by atoms with Crippen LogP contribution in [0.25, 0.3) is 0 Å². The van der Waals surface area contributed by atoms with Gasteiger partial charge in [-0.2, -0.15) is 11.8 Å². The molecule has 152 valence electrons. The van der Waals surface area contributed by atoms with Crippen LogP contribution in [0.5, 0.6) is 0 Å². The number of amides is 1. The number of nitrogens with one attached hydrogen (secondary N) is 1. The van der Waals surface area contributed by atoms with Crippen LogP contribution in [0.3, 0.4) is 0 Å². The fraction of sp³-hybridized carbons (Fsp3) is 0.650. The number of sulfonamides is 1. The van der Waals surface area contributed by atoms with Gasteiger partial charge in [0, 0.05) is 17.5 Å². The van der Waals surface area contributed by atoms with E-state index in [1.54, 1.807) is 19.1 Å². The van der Waals surface area contributed by atoms with E-state index in [4.69, 9.17) is 0 Å². The van der Waals surface area contributed by atoms with Crippen molar-refractivity contribution in [3.8, 4) is 0 Å². The molecule has 1 N–H and O–H groups in total. The van der Waals surface area contributed by atoms with Crippen LogP contribution in [0.1, 0.15) is 51.5 Å². The molecule has 7 heteroatoms. The summed E-state index contributed by atoms with van der Waals surface area (Å²) in [6, 6.07) is 6.55. The van der Waals surface area contributed by atoms with Gasteiger partial charge >= 0.3 is 0 Å². The van der Waals surface area contributed by atoms with E-state index in [9.17, 15) is 13.2 Å². The van der Waals surface area contributed by atoms with Gasteiger partial charge in [0.15, 0.2) is 0 Å². The summed E-state index contributed by atoms with van der Waals surface area (Å²) in [7, 11) is -3.56. The minimum atomic E-state index is -3.56. The molecule has 1 fully saturated rings. The number of aryl methyl sites for hydroxylation is 1. The Labute approximate surface area is 168 Å². The van der Waals surface area contributed by atoms with Gasteiger partial charge in [-0.25, -0.2) is 8.42 Å². The summed E-state index contributed by atoms with van der Waals surface area (Å²) in [5, 5.41) is 3.61. The number of thioether (sulfide) groups is 1. The molecule has 0 spiro atoms. The number of rotatable bonds is 9. The van der Waals surface area contributed by atoms with Crippen LogP contribution in [0, 0.1) is 0 Å². The van der Waals surface area contributed by atoms with E-state index in [2.05, 4.69) is 5.32 Å². The second-order valence-corrected chi connectivity index (χ2v) is 10.4. The third-order valence-corrected chi connectivity index (χ3v) is 7.62. The van der Waals surface area contributed by atoms with Gasteiger partial charge in [-0.3, -0.25) is 9.10 Å². The number of hydrogen-bond donors (Lipinski definition) is 1. The second-order valence-electron chi connectivity index (χ2n) is 7.18. The van der Waals surface area contributed by atoms with Crippen LogP contribution in [-0.2, 0) is 21.2 Å². The third-order valence-electron chi connectivity index (χ3n) is 4.99. The molecule has 1 aliphatic carbocycles. The molecule has 0 aromatic heterocycles. The van der Waals surface area contributed by atoms with E-state index in [1.165, 1.54) is 36.4 Å². The Balaban J connectivity index is 1.93. The molecule has 1 aromatic carbocycles. The molecule has 0 unspecified atom stereocenters. The summed E-state index contributed by atoms with van der Waals surface area (Å²) in [5.74, 6) is 0.608. The highest BCUT2D eigenvalue weighted by atomic mass is 32.2. The van der Waals surface area contributed by atoms with Crippen molar-refractivity contribution < 1.29 is 13.2 Å². The van der Waals surface area contributed by atoms with Gasteiger partial charge in [0.1, 0.15) is 6.04 Å². The number of benzene rings is 1. The maximum absolute atomic E-state index is 12.6. The Hall–Kier alpha value is -1.21. The normalized spacial score (nSPS) is 16.7. The molecule has 1 amide bonds. The number of nitrogens with zero attached hydrogens (tertiary/aromatic N) is 1. The zero-order chi connectivity index (χ0) is 19.9. The van der Waals surface area contributed by atoms with Gasteiger partial charge in [-0.05, 0) is 43.9 Å². The van der Waals surface area contributed by atoms with Crippen LogP contribution in [-0.4, -0.2) is 44.2 Å². The first-order valence-electron chi connectivity index (χ1n) is 9.80. The lowest BCUT2D eigenvalue weighted by Gasteiger charge is -2.28. The van der Waals surface area contributed by atoms with Crippen molar-refractivity contribution in [2.24, 2.45) is 0 Å². The Kier molecular flexibility index (Phi) is 8.48. The first kappa shape index (κ1) is 22.1. The first-order chi connectivity index (χ1) is 12.8. The second kappa shape index (κ2) is 10.4. The summed E-state index contributed by atoms with van der Waals surface area (Å²) in [6.07, 6.45) is 8.51. The average Bonchev–Trinajstić information content (AvgIpc) is 2.65. The Bertz CT molecular complexity index is 698. The highest BCUT2D eigenvalue weighted by molar-refractivity contribution is 7.99. The predicted molar refractivity (Wildman–Crippen MR) is 115 cm³/mol. The maximum atomic E-state index is 12.6. The molecule has 1 aliphatic rings. The Morgan fingerprint density at radius 3 is 2.41 bits per heavy atom. The predicted octanol–water partition coefficient (Wildman–Crippen LogP) is 3.59. The Morgan fingerprint density at radius 2 is 1.85 bits per heavy atom. The molecule has 5 nitrogen and oxygen atoms in total. The monoisotopic (exact) mass is 412 g/mol. The molecule has 0 aliphatic heterocycles. The molecule has 0 heterocycles. The van der Waals surface area contributed by atoms with Crippen LogP contribution in [0.2, 0.25) is 0 Å². The number of carbonyl (C=O) groups excluding carboxylic acids is 1. The van der Waals surface area contributed by atoms with Crippen LogP contribution >= 0.6 is 11.8 Å². The molecule has 2 rings (SSSR count). The highest BCUT2D eigenvalue weighted by Gasteiger charge is 2.28. The zero-order valence-electron chi connectivity index (χ0n) is 16.6. The summed E-state index contributed by atoms with van der Waals surface area (Å²) in [6.45, 7) is 4.25. The summed E-state index contributed by atoms with van der Waals surface area (Å²) in [5.41, 5.74) is 1.65. The van der Waals surface area contributed by atoms with Crippen LogP contribution in [0.4, 0.5) is 5.69 Å². The molecule has 0 radical (unpaired) electrons. The minimum absolute atomic E-state index is 0.260. The summed E-state index contributed by atoms with van der Waals surface area (Å²) < 4.78 is 25.8. The van der Waals surface area contributed by atoms with Crippen molar-refractivity contribution in [1.29, 1.82) is 0 Å². The number of carbonyl (C=O) groups is 1. The molecule has 27 heavy (non-hydrogen) atoms. The quantitative estimate of drug-likeness (QED) is 0.630. The van der Waals surface area contributed by atoms with Crippen molar-refractivity contribution in [3.05, 3.63) is 29.8 Å². The van der Waals surface area contributed by atoms with Crippen LogP contribution < -0.4 is 9.62 Å². The summed E-state index contributed by atoms with van der Waals surface area (Å²) in [4.78, 5) is 12.6. The maximum Gasteiger partial charge on any atom is 0.243 e. The van der Waals surface area contributed by atoms with Crippen molar-refractivity contribution in [2.45, 2.75) is 63.7 Å². The van der Waals surface area contributed by atoms with Gasteiger partial charge in [-0.15, -0.1) is 0 Å². The molecular weight excluding hydrogens is 380 g/mol. The molecule has 0 bridgehead atoms. The fourth-order valence-electron chi connectivity index (χ4n) is 3.47. The van der Waals surface area contributed by atoms with E-state index in [1.807, 2.05) is 30.8 Å². The molecule has 1 atom stereocenters. The minimum Gasteiger partial charge on any atom is -0.353 e. The SMILES string of the molecule is CCc1ccc(N([C@H](C)C(=O)NCCSC2CCCCC2)S(C)(=O)=O)cc1. The van der Waals surface area contributed by atoms with E-state index < -0.39 is 16.1 Å². The standard InChI is InChI=1S/C20H32N2O3S2/c1-4-17-10-12-18(13-11-17)22(27(3,24)25)16(2)20(23)21-14-15-26-19-8-6-5-7-9-19/h10-13,16,19H,4-9,14-15H2,1-3H3,(H,21,23)/t16-/m1/s1. The van der Waals surface area contributed by atoms with E-state index >= 15 is 0 Å². The molecule has 0 saturated heterocycles. The van der Waals surface area contributed by atoms with Crippen molar-refractivity contribution in [3.63, 3.8) is 0 Å². The third kappa shape index (κ3) is 6.71. The Morgan fingerprint density at radius 1 is 1.22 bits per heavy atom. The lowest BCUT2D eigenvalue weighted by atomic mass is 10.0. The lowest BCUT2D eigenvalue weighted by molar-refractivity contribution is -0.121. The van der Waals surface area contributed by atoms with Gasteiger partial charge < -0.3 is 5.32 Å². The largest absolute Gasteiger partial charge is 0.353 e. The van der Waals surface area contributed by atoms with Crippen molar-refractivity contribution in [1.82, 2.24) is 5.32 Å². The highest BCUT2D eigenvalue weighted by Crippen LogP contribution is 2.27. The van der Waals surface area contributed by atoms with Crippen molar-refractivity contribution >= 4 is 33.4 Å². The van der Waals surface area contributed by atoms with Gasteiger partial charge in [-0.1, -0.05) is 38.3 Å². The van der Waals surface area contributed by atoms with Gasteiger partial charge in [0.05, 0.1) is 11.9 Å². The van der Waals surface area contributed by atoms with Crippen molar-refractivity contribution in [2.75, 3.05) is 22.9 Å². The number of hydrogen-bond acceptors (Lipinski definition) is 4. The van der Waals surface area contributed by atoms with Crippen LogP contribution in [0.15, 0.2) is 24.3 Å². The fourth-order valence-corrected chi connectivity index (χ4v) is 5.86. The number of anilines is 1.